The zero-order valence-electron chi connectivity index (χ0n) is 11.1. The lowest BCUT2D eigenvalue weighted by Crippen LogP contribution is -2.44. The van der Waals surface area contributed by atoms with Crippen molar-refractivity contribution in [2.45, 2.75) is 12.5 Å². The normalized spacial score (nSPS) is 18.1. The molecular weight excluding hydrogens is 242 g/mol. The standard InChI is InChI=1S/C14H19N3O2/c1-17(12-7-8-15-9-12)13(18)10-16-14(19)11-5-3-2-4-6-11/h2-6,12,15H,7-10H2,1H3,(H,16,19). The number of carbonyl (C=O) groups excluding carboxylic acids is 2. The molecule has 102 valence electrons. The number of benzene rings is 1. The third kappa shape index (κ3) is 3.54. The van der Waals surface area contributed by atoms with E-state index < -0.39 is 0 Å². The van der Waals surface area contributed by atoms with Crippen LogP contribution in [0.25, 0.3) is 0 Å². The van der Waals surface area contributed by atoms with Crippen molar-refractivity contribution >= 4 is 11.8 Å². The van der Waals surface area contributed by atoms with Crippen molar-refractivity contribution < 1.29 is 9.59 Å². The Bertz CT molecular complexity index is 441. The van der Waals surface area contributed by atoms with Crippen LogP contribution in [-0.2, 0) is 4.79 Å². The highest BCUT2D eigenvalue weighted by Gasteiger charge is 2.23. The molecule has 19 heavy (non-hydrogen) atoms. The number of nitrogens with one attached hydrogen (secondary N) is 2. The maximum absolute atomic E-state index is 11.9. The average Bonchev–Trinajstić information content (AvgIpc) is 2.98. The number of hydrogen-bond donors (Lipinski definition) is 2. The van der Waals surface area contributed by atoms with Crippen molar-refractivity contribution in [3.8, 4) is 0 Å². The van der Waals surface area contributed by atoms with Crippen LogP contribution >= 0.6 is 0 Å². The average molecular weight is 261 g/mol. The summed E-state index contributed by atoms with van der Waals surface area (Å²) in [6.45, 7) is 1.81. The van der Waals surface area contributed by atoms with Crippen LogP contribution < -0.4 is 10.6 Å². The van der Waals surface area contributed by atoms with Crippen LogP contribution in [0.4, 0.5) is 0 Å². The van der Waals surface area contributed by atoms with Crippen molar-refractivity contribution in [3.63, 3.8) is 0 Å². The Morgan fingerprint density at radius 1 is 1.37 bits per heavy atom. The summed E-state index contributed by atoms with van der Waals surface area (Å²) in [6, 6.07) is 9.14. The van der Waals surface area contributed by atoms with E-state index in [1.54, 1.807) is 36.2 Å². The van der Waals surface area contributed by atoms with Crippen LogP contribution in [0.5, 0.6) is 0 Å². The molecule has 2 amide bonds. The maximum atomic E-state index is 11.9. The van der Waals surface area contributed by atoms with E-state index in [4.69, 9.17) is 0 Å². The number of amides is 2. The molecule has 1 aliphatic rings. The van der Waals surface area contributed by atoms with Crippen LogP contribution in [0, 0.1) is 0 Å². The van der Waals surface area contributed by atoms with Crippen molar-refractivity contribution in [3.05, 3.63) is 35.9 Å². The number of carbonyl (C=O) groups is 2. The molecule has 5 nitrogen and oxygen atoms in total. The third-order valence-electron chi connectivity index (χ3n) is 3.41. The molecule has 1 aromatic rings. The van der Waals surface area contributed by atoms with Gasteiger partial charge >= 0.3 is 0 Å². The van der Waals surface area contributed by atoms with E-state index in [0.29, 0.717) is 5.56 Å². The number of rotatable bonds is 4. The molecule has 1 aromatic carbocycles. The van der Waals surface area contributed by atoms with Crippen LogP contribution in [0.3, 0.4) is 0 Å². The zero-order valence-corrected chi connectivity index (χ0v) is 11.1. The summed E-state index contributed by atoms with van der Waals surface area (Å²) in [4.78, 5) is 25.5. The molecule has 0 saturated carbocycles. The van der Waals surface area contributed by atoms with Gasteiger partial charge in [-0.3, -0.25) is 9.59 Å². The van der Waals surface area contributed by atoms with Crippen molar-refractivity contribution in [1.29, 1.82) is 0 Å². The van der Waals surface area contributed by atoms with Crippen molar-refractivity contribution in [2.75, 3.05) is 26.7 Å². The fraction of sp³-hybridized carbons (Fsp3) is 0.429. The van der Waals surface area contributed by atoms with Gasteiger partial charge in [0.1, 0.15) is 0 Å². The fourth-order valence-corrected chi connectivity index (χ4v) is 2.15. The Morgan fingerprint density at radius 2 is 2.11 bits per heavy atom. The summed E-state index contributed by atoms with van der Waals surface area (Å²) in [6.07, 6.45) is 0.967. The second-order valence-electron chi connectivity index (χ2n) is 4.70. The van der Waals surface area contributed by atoms with Gasteiger partial charge in [0.15, 0.2) is 0 Å². The monoisotopic (exact) mass is 261 g/mol. The lowest BCUT2D eigenvalue weighted by molar-refractivity contribution is -0.130. The lowest BCUT2D eigenvalue weighted by atomic mass is 10.2. The highest BCUT2D eigenvalue weighted by molar-refractivity contribution is 5.96. The predicted molar refractivity (Wildman–Crippen MR) is 72.8 cm³/mol. The van der Waals surface area contributed by atoms with Gasteiger partial charge in [0, 0.05) is 25.2 Å². The Kier molecular flexibility index (Phi) is 4.52. The molecule has 1 heterocycles. The van der Waals surface area contributed by atoms with E-state index in [1.807, 2.05) is 6.07 Å². The minimum absolute atomic E-state index is 0.0424. The number of hydrogen-bond acceptors (Lipinski definition) is 3. The predicted octanol–water partition coefficient (Wildman–Crippen LogP) is 0.237. The quantitative estimate of drug-likeness (QED) is 0.816. The van der Waals surface area contributed by atoms with E-state index in [-0.39, 0.29) is 24.4 Å². The van der Waals surface area contributed by atoms with Crippen LogP contribution in [0.2, 0.25) is 0 Å². The number of likely N-dealkylation sites (N-methyl/N-ethyl adjacent to an activating group) is 1. The summed E-state index contributed by atoms with van der Waals surface area (Å²) in [5, 5.41) is 5.87. The molecule has 0 radical (unpaired) electrons. The SMILES string of the molecule is CN(C(=O)CNC(=O)c1ccccc1)C1CCNC1. The first-order valence-electron chi connectivity index (χ1n) is 6.48. The summed E-state index contributed by atoms with van der Waals surface area (Å²) < 4.78 is 0. The minimum atomic E-state index is -0.216. The first-order chi connectivity index (χ1) is 9.18. The Hall–Kier alpha value is -1.88. The van der Waals surface area contributed by atoms with Gasteiger partial charge < -0.3 is 15.5 Å². The van der Waals surface area contributed by atoms with E-state index in [9.17, 15) is 9.59 Å². The van der Waals surface area contributed by atoms with Crippen molar-refractivity contribution in [1.82, 2.24) is 15.5 Å². The molecule has 0 spiro atoms. The molecule has 1 saturated heterocycles. The smallest absolute Gasteiger partial charge is 0.251 e. The zero-order chi connectivity index (χ0) is 13.7. The molecule has 1 fully saturated rings. The van der Waals surface area contributed by atoms with Crippen molar-refractivity contribution in [2.24, 2.45) is 0 Å². The van der Waals surface area contributed by atoms with Gasteiger partial charge in [-0.1, -0.05) is 18.2 Å². The van der Waals surface area contributed by atoms with Gasteiger partial charge in [0.2, 0.25) is 5.91 Å². The van der Waals surface area contributed by atoms with Gasteiger partial charge in [0.25, 0.3) is 5.91 Å². The Morgan fingerprint density at radius 3 is 2.74 bits per heavy atom. The van der Waals surface area contributed by atoms with E-state index in [2.05, 4.69) is 10.6 Å². The van der Waals surface area contributed by atoms with E-state index >= 15 is 0 Å². The second kappa shape index (κ2) is 6.33. The Balaban J connectivity index is 1.81. The lowest BCUT2D eigenvalue weighted by Gasteiger charge is -2.23. The summed E-state index contributed by atoms with van der Waals surface area (Å²) in [5.74, 6) is -0.273. The summed E-state index contributed by atoms with van der Waals surface area (Å²) in [5.41, 5.74) is 0.570. The molecule has 0 aliphatic carbocycles. The molecule has 2 N–H and O–H groups in total. The summed E-state index contributed by atoms with van der Waals surface area (Å²) in [7, 11) is 1.79. The second-order valence-corrected chi connectivity index (χ2v) is 4.70. The first kappa shape index (κ1) is 13.5. The van der Waals surface area contributed by atoms with Gasteiger partial charge in [-0.25, -0.2) is 0 Å². The van der Waals surface area contributed by atoms with Gasteiger partial charge in [-0.2, -0.15) is 0 Å². The summed E-state index contributed by atoms with van der Waals surface area (Å²) >= 11 is 0. The topological polar surface area (TPSA) is 61.4 Å². The van der Waals surface area contributed by atoms with Crippen LogP contribution in [-0.4, -0.2) is 49.4 Å². The van der Waals surface area contributed by atoms with Crippen LogP contribution in [0.1, 0.15) is 16.8 Å². The molecule has 5 heteroatoms. The molecule has 1 aliphatic heterocycles. The first-order valence-corrected chi connectivity index (χ1v) is 6.48. The minimum Gasteiger partial charge on any atom is -0.343 e. The Labute approximate surface area is 113 Å². The van der Waals surface area contributed by atoms with E-state index in [0.717, 1.165) is 19.5 Å². The molecule has 1 unspecified atom stereocenters. The highest BCUT2D eigenvalue weighted by atomic mass is 16.2. The van der Waals surface area contributed by atoms with Gasteiger partial charge in [0.05, 0.1) is 6.54 Å². The third-order valence-corrected chi connectivity index (χ3v) is 3.41. The van der Waals surface area contributed by atoms with Crippen LogP contribution in [0.15, 0.2) is 30.3 Å². The number of nitrogens with zero attached hydrogens (tertiary/aromatic N) is 1. The fourth-order valence-electron chi connectivity index (χ4n) is 2.15. The largest absolute Gasteiger partial charge is 0.343 e. The molecule has 1 atom stereocenters. The van der Waals surface area contributed by atoms with E-state index in [1.165, 1.54) is 0 Å². The molecular formula is C14H19N3O2. The van der Waals surface area contributed by atoms with Gasteiger partial charge in [-0.05, 0) is 25.1 Å². The molecule has 0 bridgehead atoms. The highest BCUT2D eigenvalue weighted by Crippen LogP contribution is 2.06. The van der Waals surface area contributed by atoms with Gasteiger partial charge in [-0.15, -0.1) is 0 Å². The molecule has 0 aromatic heterocycles. The molecule has 2 rings (SSSR count). The maximum Gasteiger partial charge on any atom is 0.251 e.